The van der Waals surface area contributed by atoms with Gasteiger partial charge in [-0.05, 0) is 25.5 Å². The number of rotatable bonds is 5. The summed E-state index contributed by atoms with van der Waals surface area (Å²) >= 11 is 1.57. The van der Waals surface area contributed by atoms with Gasteiger partial charge in [0, 0.05) is 22.3 Å². The standard InChI is InChI=1S/C13H17N5OS/c1-3-10-4-9(5-12(17-10)18-14)13(19)16-7-11-6-15-8(2)20-11/h4-6H,3,7,14H2,1-2H3,(H,16,19)(H,17,18). The van der Waals surface area contributed by atoms with E-state index in [0.717, 1.165) is 22.0 Å². The molecule has 2 aromatic rings. The monoisotopic (exact) mass is 291 g/mol. The summed E-state index contributed by atoms with van der Waals surface area (Å²) < 4.78 is 0. The number of carbonyl (C=O) groups is 1. The van der Waals surface area contributed by atoms with E-state index in [1.807, 2.05) is 13.8 Å². The number of pyridine rings is 1. The average Bonchev–Trinajstić information content (AvgIpc) is 2.89. The van der Waals surface area contributed by atoms with E-state index in [1.54, 1.807) is 29.7 Å². The summed E-state index contributed by atoms with van der Waals surface area (Å²) in [6, 6.07) is 3.40. The maximum absolute atomic E-state index is 12.1. The molecule has 2 heterocycles. The summed E-state index contributed by atoms with van der Waals surface area (Å²) in [6.07, 6.45) is 2.51. The van der Waals surface area contributed by atoms with E-state index < -0.39 is 0 Å². The van der Waals surface area contributed by atoms with Gasteiger partial charge in [-0.3, -0.25) is 4.79 Å². The van der Waals surface area contributed by atoms with Gasteiger partial charge >= 0.3 is 0 Å². The predicted molar refractivity (Wildman–Crippen MR) is 79.4 cm³/mol. The largest absolute Gasteiger partial charge is 0.347 e. The Morgan fingerprint density at radius 3 is 2.85 bits per heavy atom. The first-order valence-corrected chi connectivity index (χ1v) is 7.11. The van der Waals surface area contributed by atoms with Crippen LogP contribution in [0.1, 0.15) is 32.9 Å². The Kier molecular flexibility index (Phi) is 4.65. The maximum Gasteiger partial charge on any atom is 0.251 e. The van der Waals surface area contributed by atoms with Crippen LogP contribution in [0.15, 0.2) is 18.3 Å². The second-order valence-electron chi connectivity index (χ2n) is 4.26. The smallest absolute Gasteiger partial charge is 0.251 e. The normalized spacial score (nSPS) is 10.3. The van der Waals surface area contributed by atoms with Crippen molar-refractivity contribution in [2.24, 2.45) is 5.84 Å². The number of hydrogen-bond donors (Lipinski definition) is 3. The van der Waals surface area contributed by atoms with Crippen LogP contribution in [0.3, 0.4) is 0 Å². The van der Waals surface area contributed by atoms with Crippen molar-refractivity contribution in [3.05, 3.63) is 39.5 Å². The topological polar surface area (TPSA) is 92.9 Å². The third kappa shape index (κ3) is 3.52. The summed E-state index contributed by atoms with van der Waals surface area (Å²) in [5, 5.41) is 3.85. The molecule has 0 saturated carbocycles. The molecule has 0 fully saturated rings. The first kappa shape index (κ1) is 14.4. The molecule has 2 rings (SSSR count). The van der Waals surface area contributed by atoms with Crippen molar-refractivity contribution in [1.82, 2.24) is 15.3 Å². The van der Waals surface area contributed by atoms with E-state index in [2.05, 4.69) is 20.7 Å². The number of nitrogens with two attached hydrogens (primary N) is 1. The number of nitrogen functional groups attached to an aromatic ring is 1. The van der Waals surface area contributed by atoms with Gasteiger partial charge in [0.15, 0.2) is 0 Å². The van der Waals surface area contributed by atoms with Gasteiger partial charge in [-0.2, -0.15) is 0 Å². The summed E-state index contributed by atoms with van der Waals surface area (Å²) in [4.78, 5) is 21.6. The molecule has 0 unspecified atom stereocenters. The highest BCUT2D eigenvalue weighted by Crippen LogP contribution is 2.13. The number of aryl methyl sites for hydroxylation is 2. The van der Waals surface area contributed by atoms with Gasteiger partial charge in [0.25, 0.3) is 5.91 Å². The molecule has 0 aromatic carbocycles. The van der Waals surface area contributed by atoms with Gasteiger partial charge in [-0.25, -0.2) is 15.8 Å². The van der Waals surface area contributed by atoms with Gasteiger partial charge in [0.05, 0.1) is 11.6 Å². The minimum atomic E-state index is -0.148. The van der Waals surface area contributed by atoms with Crippen LogP contribution >= 0.6 is 11.3 Å². The quantitative estimate of drug-likeness (QED) is 0.575. The molecule has 20 heavy (non-hydrogen) atoms. The lowest BCUT2D eigenvalue weighted by atomic mass is 10.2. The van der Waals surface area contributed by atoms with Crippen molar-refractivity contribution in [3.63, 3.8) is 0 Å². The van der Waals surface area contributed by atoms with Gasteiger partial charge in [0.2, 0.25) is 0 Å². The first-order chi connectivity index (χ1) is 9.62. The Morgan fingerprint density at radius 1 is 1.45 bits per heavy atom. The van der Waals surface area contributed by atoms with Crippen molar-refractivity contribution in [3.8, 4) is 0 Å². The van der Waals surface area contributed by atoms with E-state index in [9.17, 15) is 4.79 Å². The lowest BCUT2D eigenvalue weighted by Gasteiger charge is -2.08. The molecule has 0 aliphatic heterocycles. The van der Waals surface area contributed by atoms with Crippen LogP contribution in [0, 0.1) is 6.92 Å². The van der Waals surface area contributed by atoms with E-state index in [4.69, 9.17) is 5.84 Å². The molecule has 4 N–H and O–H groups in total. The Bertz CT molecular complexity index is 588. The maximum atomic E-state index is 12.1. The number of anilines is 1. The van der Waals surface area contributed by atoms with Crippen LogP contribution in [-0.4, -0.2) is 15.9 Å². The van der Waals surface area contributed by atoms with Crippen LogP contribution in [0.5, 0.6) is 0 Å². The summed E-state index contributed by atoms with van der Waals surface area (Å²) in [5.41, 5.74) is 3.84. The fraction of sp³-hybridized carbons (Fsp3) is 0.308. The highest BCUT2D eigenvalue weighted by atomic mass is 32.1. The summed E-state index contributed by atoms with van der Waals surface area (Å²) in [5.74, 6) is 5.70. The molecule has 0 bridgehead atoms. The molecule has 0 aliphatic carbocycles. The predicted octanol–water partition coefficient (Wildman–Crippen LogP) is 1.62. The second kappa shape index (κ2) is 6.44. The molecule has 2 aromatic heterocycles. The third-order valence-corrected chi connectivity index (χ3v) is 3.66. The van der Waals surface area contributed by atoms with Crippen molar-refractivity contribution >= 4 is 23.1 Å². The van der Waals surface area contributed by atoms with Crippen LogP contribution in [0.4, 0.5) is 5.82 Å². The Morgan fingerprint density at radius 2 is 2.25 bits per heavy atom. The van der Waals surface area contributed by atoms with Crippen molar-refractivity contribution in [1.29, 1.82) is 0 Å². The fourth-order valence-electron chi connectivity index (χ4n) is 1.73. The van der Waals surface area contributed by atoms with Crippen LogP contribution < -0.4 is 16.6 Å². The SMILES string of the molecule is CCc1cc(C(=O)NCc2cnc(C)s2)cc(NN)n1. The van der Waals surface area contributed by atoms with Gasteiger partial charge in [-0.1, -0.05) is 6.92 Å². The number of aromatic nitrogens is 2. The Balaban J connectivity index is 2.08. The summed E-state index contributed by atoms with van der Waals surface area (Å²) in [7, 11) is 0. The number of nitrogens with zero attached hydrogens (tertiary/aromatic N) is 2. The van der Waals surface area contributed by atoms with Gasteiger partial charge < -0.3 is 10.7 Å². The second-order valence-corrected chi connectivity index (χ2v) is 5.58. The molecule has 106 valence electrons. The van der Waals surface area contributed by atoms with Crippen LogP contribution in [0.25, 0.3) is 0 Å². The van der Waals surface area contributed by atoms with Crippen molar-refractivity contribution in [2.75, 3.05) is 5.43 Å². The zero-order valence-corrected chi connectivity index (χ0v) is 12.3. The molecule has 6 nitrogen and oxygen atoms in total. The van der Waals surface area contributed by atoms with E-state index in [0.29, 0.717) is 17.9 Å². The van der Waals surface area contributed by atoms with Crippen molar-refractivity contribution in [2.45, 2.75) is 26.8 Å². The molecular weight excluding hydrogens is 274 g/mol. The molecule has 0 saturated heterocycles. The minimum Gasteiger partial charge on any atom is -0.347 e. The number of carbonyl (C=O) groups excluding carboxylic acids is 1. The van der Waals surface area contributed by atoms with Crippen LogP contribution in [0.2, 0.25) is 0 Å². The lowest BCUT2D eigenvalue weighted by Crippen LogP contribution is -2.23. The van der Waals surface area contributed by atoms with Crippen LogP contribution in [-0.2, 0) is 13.0 Å². The van der Waals surface area contributed by atoms with Gasteiger partial charge in [-0.15, -0.1) is 11.3 Å². The Labute approximate surface area is 121 Å². The first-order valence-electron chi connectivity index (χ1n) is 6.29. The summed E-state index contributed by atoms with van der Waals surface area (Å²) in [6.45, 7) is 4.38. The molecule has 0 atom stereocenters. The molecular formula is C13H17N5OS. The van der Waals surface area contributed by atoms with E-state index in [1.165, 1.54) is 0 Å². The zero-order valence-electron chi connectivity index (χ0n) is 11.4. The number of thiazole rings is 1. The van der Waals surface area contributed by atoms with Gasteiger partial charge in [0.1, 0.15) is 5.82 Å². The Hall–Kier alpha value is -1.99. The molecule has 0 spiro atoms. The fourth-order valence-corrected chi connectivity index (χ4v) is 2.46. The number of hydrogen-bond acceptors (Lipinski definition) is 6. The number of amides is 1. The molecule has 1 amide bonds. The average molecular weight is 291 g/mol. The molecule has 0 aliphatic rings. The minimum absolute atomic E-state index is 0.148. The molecule has 0 radical (unpaired) electrons. The third-order valence-electron chi connectivity index (χ3n) is 2.74. The van der Waals surface area contributed by atoms with Crippen molar-refractivity contribution < 1.29 is 4.79 Å². The van der Waals surface area contributed by atoms with E-state index >= 15 is 0 Å². The van der Waals surface area contributed by atoms with E-state index in [-0.39, 0.29) is 5.91 Å². The lowest BCUT2D eigenvalue weighted by molar-refractivity contribution is 0.0951. The number of nitrogens with one attached hydrogen (secondary N) is 2. The highest BCUT2D eigenvalue weighted by Gasteiger charge is 2.09. The molecule has 7 heteroatoms. The zero-order chi connectivity index (χ0) is 14.5. The highest BCUT2D eigenvalue weighted by molar-refractivity contribution is 7.11. The number of hydrazine groups is 1.